The van der Waals surface area contributed by atoms with Crippen molar-refractivity contribution in [2.45, 2.75) is 31.2 Å². The van der Waals surface area contributed by atoms with E-state index in [4.69, 9.17) is 5.11 Å². The highest BCUT2D eigenvalue weighted by atomic mass is 32.2. The molecule has 3 N–H and O–H groups in total. The topological polar surface area (TPSA) is 99.3 Å². The molecule has 2 rings (SSSR count). The molecule has 0 spiro atoms. The molecule has 1 aromatic carbocycles. The summed E-state index contributed by atoms with van der Waals surface area (Å²) in [6.07, 6.45) is 1.30. The molecule has 1 heterocycles. The van der Waals surface area contributed by atoms with E-state index in [1.54, 1.807) is 19.9 Å². The van der Waals surface area contributed by atoms with E-state index in [-0.39, 0.29) is 22.6 Å². The second-order valence-corrected chi connectivity index (χ2v) is 7.14. The molecule has 8 heteroatoms. The van der Waals surface area contributed by atoms with Crippen LogP contribution in [0.4, 0.5) is 4.39 Å². The van der Waals surface area contributed by atoms with Crippen molar-refractivity contribution in [1.82, 2.24) is 9.71 Å². The van der Waals surface area contributed by atoms with Gasteiger partial charge in [0.25, 0.3) is 0 Å². The van der Waals surface area contributed by atoms with Crippen molar-refractivity contribution < 1.29 is 22.7 Å². The number of sulfonamides is 1. The minimum absolute atomic E-state index is 0.0106. The minimum atomic E-state index is -4.16. The Kier molecular flexibility index (Phi) is 4.52. The Bertz CT molecular complexity index is 798. The van der Waals surface area contributed by atoms with Gasteiger partial charge in [-0.25, -0.2) is 12.8 Å². The summed E-state index contributed by atoms with van der Waals surface area (Å²) in [4.78, 5) is 13.6. The average molecular weight is 328 g/mol. The van der Waals surface area contributed by atoms with Crippen LogP contribution in [0.1, 0.15) is 20.3 Å². The number of fused-ring (bicyclic) bond motifs is 1. The van der Waals surface area contributed by atoms with E-state index in [1.807, 2.05) is 0 Å². The summed E-state index contributed by atoms with van der Waals surface area (Å²) in [5.74, 6) is -1.96. The van der Waals surface area contributed by atoms with E-state index in [2.05, 4.69) is 9.71 Å². The zero-order chi connectivity index (χ0) is 16.5. The molecule has 1 aromatic heterocycles. The number of carboxylic acid groups (broad SMARTS) is 1. The van der Waals surface area contributed by atoms with Crippen LogP contribution in [0.2, 0.25) is 0 Å². The van der Waals surface area contributed by atoms with Crippen molar-refractivity contribution in [1.29, 1.82) is 0 Å². The number of carbonyl (C=O) groups is 1. The lowest BCUT2D eigenvalue weighted by atomic mass is 10.1. The van der Waals surface area contributed by atoms with Gasteiger partial charge in [-0.15, -0.1) is 0 Å². The molecule has 1 atom stereocenters. The molecule has 0 aliphatic carbocycles. The van der Waals surface area contributed by atoms with Gasteiger partial charge in [0.15, 0.2) is 0 Å². The van der Waals surface area contributed by atoms with E-state index in [9.17, 15) is 17.6 Å². The molecular weight excluding hydrogens is 311 g/mol. The fraction of sp³-hybridized carbons (Fsp3) is 0.357. The zero-order valence-electron chi connectivity index (χ0n) is 12.1. The molecule has 120 valence electrons. The Morgan fingerprint density at radius 2 is 2.09 bits per heavy atom. The number of benzene rings is 1. The summed E-state index contributed by atoms with van der Waals surface area (Å²) < 4.78 is 40.8. The van der Waals surface area contributed by atoms with Gasteiger partial charge in [-0.05, 0) is 24.5 Å². The average Bonchev–Trinajstić information content (AvgIpc) is 2.83. The van der Waals surface area contributed by atoms with Crippen LogP contribution in [-0.2, 0) is 14.8 Å². The van der Waals surface area contributed by atoms with Crippen molar-refractivity contribution in [3.63, 3.8) is 0 Å². The highest BCUT2D eigenvalue weighted by Crippen LogP contribution is 2.25. The van der Waals surface area contributed by atoms with Crippen molar-refractivity contribution in [3.8, 4) is 0 Å². The van der Waals surface area contributed by atoms with Gasteiger partial charge in [0, 0.05) is 11.7 Å². The standard InChI is InChI=1S/C14H17FN2O4S/c1-8(2)6-11(14(18)19)17-22(20,21)12-7-16-10-5-3-4-9(15)13(10)12/h3-5,7-8,11,16-17H,6H2,1-2H3,(H,18,19)/t11-/m0/s1. The number of aromatic nitrogens is 1. The number of aromatic amines is 1. The predicted octanol–water partition coefficient (Wildman–Crippen LogP) is 2.08. The largest absolute Gasteiger partial charge is 0.480 e. The van der Waals surface area contributed by atoms with Crippen LogP contribution in [0, 0.1) is 11.7 Å². The van der Waals surface area contributed by atoms with Crippen LogP contribution in [0.3, 0.4) is 0 Å². The number of hydrogen-bond donors (Lipinski definition) is 3. The van der Waals surface area contributed by atoms with E-state index in [0.717, 1.165) is 12.3 Å². The van der Waals surface area contributed by atoms with E-state index >= 15 is 0 Å². The Morgan fingerprint density at radius 3 is 2.68 bits per heavy atom. The Hall–Kier alpha value is -1.93. The smallest absolute Gasteiger partial charge is 0.321 e. The van der Waals surface area contributed by atoms with Crippen molar-refractivity contribution in [3.05, 3.63) is 30.2 Å². The number of nitrogens with one attached hydrogen (secondary N) is 2. The molecular formula is C14H17FN2O4S. The molecule has 0 aliphatic heterocycles. The van der Waals surface area contributed by atoms with Gasteiger partial charge in [-0.1, -0.05) is 19.9 Å². The maximum atomic E-state index is 13.9. The van der Waals surface area contributed by atoms with Crippen molar-refractivity contribution in [2.75, 3.05) is 0 Å². The molecule has 0 unspecified atom stereocenters. The fourth-order valence-corrected chi connectivity index (χ4v) is 3.63. The maximum absolute atomic E-state index is 13.9. The highest BCUT2D eigenvalue weighted by molar-refractivity contribution is 7.89. The van der Waals surface area contributed by atoms with Crippen LogP contribution in [0.15, 0.2) is 29.3 Å². The predicted molar refractivity (Wildman–Crippen MR) is 79.5 cm³/mol. The first-order chi connectivity index (χ1) is 10.2. The molecule has 0 radical (unpaired) electrons. The SMILES string of the molecule is CC(C)C[C@H](NS(=O)(=O)c1c[nH]c2cccc(F)c12)C(=O)O. The summed E-state index contributed by atoms with van der Waals surface area (Å²) in [7, 11) is -4.16. The molecule has 6 nitrogen and oxygen atoms in total. The monoisotopic (exact) mass is 328 g/mol. The number of aliphatic carboxylic acids is 1. The summed E-state index contributed by atoms with van der Waals surface area (Å²) >= 11 is 0. The summed E-state index contributed by atoms with van der Waals surface area (Å²) in [6.45, 7) is 3.57. The molecule has 0 aliphatic rings. The quantitative estimate of drug-likeness (QED) is 0.756. The lowest BCUT2D eigenvalue weighted by molar-refractivity contribution is -0.139. The third-order valence-electron chi connectivity index (χ3n) is 3.21. The first kappa shape index (κ1) is 16.4. The highest BCUT2D eigenvalue weighted by Gasteiger charge is 2.28. The molecule has 0 saturated carbocycles. The lowest BCUT2D eigenvalue weighted by Gasteiger charge is -2.16. The number of hydrogen-bond acceptors (Lipinski definition) is 3. The van der Waals surface area contributed by atoms with Gasteiger partial charge in [-0.2, -0.15) is 4.72 Å². The molecule has 22 heavy (non-hydrogen) atoms. The summed E-state index contributed by atoms with van der Waals surface area (Å²) in [6, 6.07) is 2.89. The number of H-pyrrole nitrogens is 1. The van der Waals surface area contributed by atoms with Gasteiger partial charge < -0.3 is 10.1 Å². The number of carboxylic acids is 1. The molecule has 2 aromatic rings. The Balaban J connectivity index is 2.42. The maximum Gasteiger partial charge on any atom is 0.321 e. The van der Waals surface area contributed by atoms with Gasteiger partial charge >= 0.3 is 5.97 Å². The second kappa shape index (κ2) is 6.05. The third kappa shape index (κ3) is 3.28. The number of halogens is 1. The van der Waals surface area contributed by atoms with E-state index < -0.39 is 27.9 Å². The third-order valence-corrected chi connectivity index (χ3v) is 4.71. The molecule has 0 amide bonds. The Morgan fingerprint density at radius 1 is 1.41 bits per heavy atom. The second-order valence-electron chi connectivity index (χ2n) is 5.46. The van der Waals surface area contributed by atoms with Crippen LogP contribution in [-0.4, -0.2) is 30.5 Å². The Labute approximate surface area is 127 Å². The summed E-state index contributed by atoms with van der Waals surface area (Å²) in [5.41, 5.74) is 0.330. The first-order valence-electron chi connectivity index (χ1n) is 6.73. The van der Waals surface area contributed by atoms with Gasteiger partial charge in [0.05, 0.1) is 5.39 Å². The van der Waals surface area contributed by atoms with Crippen LogP contribution >= 0.6 is 0 Å². The fourth-order valence-electron chi connectivity index (χ4n) is 2.24. The number of rotatable bonds is 6. The van der Waals surface area contributed by atoms with Crippen LogP contribution < -0.4 is 4.72 Å². The van der Waals surface area contributed by atoms with Crippen molar-refractivity contribution in [2.24, 2.45) is 5.92 Å². The van der Waals surface area contributed by atoms with E-state index in [0.29, 0.717) is 5.52 Å². The molecule has 0 bridgehead atoms. The minimum Gasteiger partial charge on any atom is -0.480 e. The van der Waals surface area contributed by atoms with Gasteiger partial charge in [0.1, 0.15) is 16.8 Å². The van der Waals surface area contributed by atoms with Crippen LogP contribution in [0.5, 0.6) is 0 Å². The van der Waals surface area contributed by atoms with Crippen molar-refractivity contribution >= 4 is 26.9 Å². The summed E-state index contributed by atoms with van der Waals surface area (Å²) in [5, 5.41) is 9.06. The lowest BCUT2D eigenvalue weighted by Crippen LogP contribution is -2.41. The van der Waals surface area contributed by atoms with Crippen LogP contribution in [0.25, 0.3) is 10.9 Å². The normalized spacial score (nSPS) is 13.6. The first-order valence-corrected chi connectivity index (χ1v) is 8.21. The molecule has 0 saturated heterocycles. The van der Waals surface area contributed by atoms with Gasteiger partial charge in [-0.3, -0.25) is 4.79 Å². The van der Waals surface area contributed by atoms with Gasteiger partial charge in [0.2, 0.25) is 10.0 Å². The van der Waals surface area contributed by atoms with E-state index in [1.165, 1.54) is 6.07 Å². The zero-order valence-corrected chi connectivity index (χ0v) is 12.9. The molecule has 0 fully saturated rings.